The fraction of sp³-hybridized carbons (Fsp3) is 0.0909. The number of nitriles is 1. The van der Waals surface area contributed by atoms with Gasteiger partial charge in [0.05, 0.1) is 17.4 Å². The molecule has 0 unspecified atom stereocenters. The van der Waals surface area contributed by atoms with Crippen LogP contribution in [0.4, 0.5) is 11.4 Å². The molecule has 4 nitrogen and oxygen atoms in total. The molecule has 1 heterocycles. The number of hydrogen-bond donors (Lipinski definition) is 1. The molecule has 1 aromatic carbocycles. The highest BCUT2D eigenvalue weighted by atomic mass is 79.9. The minimum atomic E-state index is 0.622. The zero-order chi connectivity index (χ0) is 11.5. The van der Waals surface area contributed by atoms with Crippen LogP contribution in [0.2, 0.25) is 0 Å². The van der Waals surface area contributed by atoms with Crippen LogP contribution in [-0.4, -0.2) is 9.78 Å². The van der Waals surface area contributed by atoms with Gasteiger partial charge < -0.3 is 5.32 Å². The van der Waals surface area contributed by atoms with Crippen molar-refractivity contribution in [3.63, 3.8) is 0 Å². The Kier molecular flexibility index (Phi) is 2.93. The summed E-state index contributed by atoms with van der Waals surface area (Å²) in [5.74, 6) is 0. The lowest BCUT2D eigenvalue weighted by Gasteiger charge is -2.04. The van der Waals surface area contributed by atoms with Crippen molar-refractivity contribution >= 4 is 27.3 Å². The molecule has 80 valence electrons. The lowest BCUT2D eigenvalue weighted by molar-refractivity contribution is 0.768. The van der Waals surface area contributed by atoms with E-state index >= 15 is 0 Å². The van der Waals surface area contributed by atoms with Gasteiger partial charge in [0.1, 0.15) is 6.07 Å². The van der Waals surface area contributed by atoms with E-state index in [1.54, 1.807) is 16.9 Å². The molecular weight excluding hydrogens is 268 g/mol. The zero-order valence-corrected chi connectivity index (χ0v) is 10.2. The van der Waals surface area contributed by atoms with Crippen LogP contribution in [0, 0.1) is 11.3 Å². The van der Waals surface area contributed by atoms with E-state index < -0.39 is 0 Å². The van der Waals surface area contributed by atoms with Crippen LogP contribution in [0.3, 0.4) is 0 Å². The Balaban J connectivity index is 2.23. The molecule has 0 saturated carbocycles. The number of anilines is 2. The summed E-state index contributed by atoms with van der Waals surface area (Å²) in [6.07, 6.45) is 3.62. The number of benzene rings is 1. The van der Waals surface area contributed by atoms with Crippen LogP contribution >= 0.6 is 15.9 Å². The number of nitrogens with zero attached hydrogens (tertiary/aromatic N) is 3. The fourth-order valence-corrected chi connectivity index (χ4v) is 1.80. The van der Waals surface area contributed by atoms with E-state index in [2.05, 4.69) is 32.4 Å². The van der Waals surface area contributed by atoms with Gasteiger partial charge >= 0.3 is 0 Å². The first-order valence-electron chi connectivity index (χ1n) is 4.64. The van der Waals surface area contributed by atoms with Crippen molar-refractivity contribution in [3.8, 4) is 6.07 Å². The van der Waals surface area contributed by atoms with Gasteiger partial charge in [-0.05, 0) is 34.1 Å². The second kappa shape index (κ2) is 4.37. The maximum atomic E-state index is 8.79. The first-order valence-corrected chi connectivity index (χ1v) is 5.43. The van der Waals surface area contributed by atoms with Crippen LogP contribution in [0.5, 0.6) is 0 Å². The Hall–Kier alpha value is -1.80. The fourth-order valence-electron chi connectivity index (χ4n) is 1.34. The molecule has 0 atom stereocenters. The maximum absolute atomic E-state index is 8.79. The van der Waals surface area contributed by atoms with Crippen LogP contribution in [0.1, 0.15) is 5.56 Å². The summed E-state index contributed by atoms with van der Waals surface area (Å²) in [6, 6.07) is 7.59. The molecule has 0 aliphatic rings. The van der Waals surface area contributed by atoms with Crippen molar-refractivity contribution < 1.29 is 0 Å². The highest BCUT2D eigenvalue weighted by molar-refractivity contribution is 9.10. The molecule has 0 amide bonds. The molecule has 16 heavy (non-hydrogen) atoms. The van der Waals surface area contributed by atoms with E-state index in [0.29, 0.717) is 5.56 Å². The minimum Gasteiger partial charge on any atom is -0.353 e. The molecule has 2 aromatic rings. The highest BCUT2D eigenvalue weighted by Gasteiger charge is 2.01. The van der Waals surface area contributed by atoms with Crippen molar-refractivity contribution in [2.24, 2.45) is 7.05 Å². The summed E-state index contributed by atoms with van der Waals surface area (Å²) in [5, 5.41) is 16.0. The van der Waals surface area contributed by atoms with Gasteiger partial charge in [-0.25, -0.2) is 0 Å². The predicted octanol–water partition coefficient (Wildman–Crippen LogP) is 2.80. The second-order valence-corrected chi connectivity index (χ2v) is 4.19. The monoisotopic (exact) mass is 276 g/mol. The minimum absolute atomic E-state index is 0.622. The number of nitrogens with one attached hydrogen (secondary N) is 1. The maximum Gasteiger partial charge on any atom is 0.100 e. The van der Waals surface area contributed by atoms with Crippen molar-refractivity contribution in [2.75, 3.05) is 5.32 Å². The zero-order valence-electron chi connectivity index (χ0n) is 8.61. The van der Waals surface area contributed by atoms with Crippen molar-refractivity contribution in [1.82, 2.24) is 9.78 Å². The van der Waals surface area contributed by atoms with Gasteiger partial charge in [-0.15, -0.1) is 0 Å². The number of rotatable bonds is 2. The molecule has 0 radical (unpaired) electrons. The van der Waals surface area contributed by atoms with E-state index in [0.717, 1.165) is 15.8 Å². The average Bonchev–Trinajstić information content (AvgIpc) is 2.64. The lowest BCUT2D eigenvalue weighted by atomic mass is 10.2. The van der Waals surface area contributed by atoms with Crippen LogP contribution < -0.4 is 5.32 Å². The highest BCUT2D eigenvalue weighted by Crippen LogP contribution is 2.23. The summed E-state index contributed by atoms with van der Waals surface area (Å²) in [6.45, 7) is 0. The molecule has 0 saturated heterocycles. The SMILES string of the molecule is Cn1cc(Nc2ccc(C#N)c(Br)c2)cn1. The Morgan fingerprint density at radius 3 is 2.81 bits per heavy atom. The molecule has 0 bridgehead atoms. The average molecular weight is 277 g/mol. The number of aromatic nitrogens is 2. The summed E-state index contributed by atoms with van der Waals surface area (Å²) in [7, 11) is 1.86. The third kappa shape index (κ3) is 2.23. The largest absolute Gasteiger partial charge is 0.353 e. The summed E-state index contributed by atoms with van der Waals surface area (Å²) >= 11 is 3.34. The van der Waals surface area contributed by atoms with Crippen molar-refractivity contribution in [1.29, 1.82) is 5.26 Å². The topological polar surface area (TPSA) is 53.6 Å². The third-order valence-electron chi connectivity index (χ3n) is 2.08. The molecule has 0 aliphatic heterocycles. The summed E-state index contributed by atoms with van der Waals surface area (Å²) in [5.41, 5.74) is 2.45. The first kappa shape index (κ1) is 10.7. The van der Waals surface area contributed by atoms with E-state index in [-0.39, 0.29) is 0 Å². The standard InChI is InChI=1S/C11H9BrN4/c1-16-7-10(6-14-16)15-9-3-2-8(5-13)11(12)4-9/h2-4,6-7,15H,1H3. The quantitative estimate of drug-likeness (QED) is 0.918. The molecule has 1 N–H and O–H groups in total. The van der Waals surface area contributed by atoms with E-state index in [1.807, 2.05) is 25.4 Å². The predicted molar refractivity (Wildman–Crippen MR) is 65.3 cm³/mol. The van der Waals surface area contributed by atoms with E-state index in [1.165, 1.54) is 0 Å². The Morgan fingerprint density at radius 2 is 2.25 bits per heavy atom. The molecule has 0 aliphatic carbocycles. The molecular formula is C11H9BrN4. The molecule has 0 spiro atoms. The third-order valence-corrected chi connectivity index (χ3v) is 2.74. The van der Waals surface area contributed by atoms with Gasteiger partial charge in [0.15, 0.2) is 0 Å². The van der Waals surface area contributed by atoms with E-state index in [9.17, 15) is 0 Å². The summed E-state index contributed by atoms with van der Waals surface area (Å²) < 4.78 is 2.50. The Morgan fingerprint density at radius 1 is 1.44 bits per heavy atom. The van der Waals surface area contributed by atoms with Gasteiger partial charge in [-0.3, -0.25) is 4.68 Å². The van der Waals surface area contributed by atoms with Crippen molar-refractivity contribution in [2.45, 2.75) is 0 Å². The lowest BCUT2D eigenvalue weighted by Crippen LogP contribution is -1.89. The molecule has 5 heteroatoms. The Bertz CT molecular complexity index is 553. The van der Waals surface area contributed by atoms with Crippen molar-refractivity contribution in [3.05, 3.63) is 40.6 Å². The smallest absolute Gasteiger partial charge is 0.100 e. The van der Waals surface area contributed by atoms with Crippen LogP contribution in [0.25, 0.3) is 0 Å². The van der Waals surface area contributed by atoms with Gasteiger partial charge in [-0.2, -0.15) is 10.4 Å². The number of hydrogen-bond acceptors (Lipinski definition) is 3. The van der Waals surface area contributed by atoms with Gasteiger partial charge in [0, 0.05) is 23.4 Å². The molecule has 1 aromatic heterocycles. The van der Waals surface area contributed by atoms with Crippen LogP contribution in [-0.2, 0) is 7.05 Å². The summed E-state index contributed by atoms with van der Waals surface area (Å²) in [4.78, 5) is 0. The van der Waals surface area contributed by atoms with Crippen LogP contribution in [0.15, 0.2) is 35.1 Å². The van der Waals surface area contributed by atoms with Gasteiger partial charge in [0.2, 0.25) is 0 Å². The number of aryl methyl sites for hydroxylation is 1. The normalized spacial score (nSPS) is 9.81. The van der Waals surface area contributed by atoms with Gasteiger partial charge in [0.25, 0.3) is 0 Å². The van der Waals surface area contributed by atoms with Gasteiger partial charge in [-0.1, -0.05) is 0 Å². The molecule has 0 fully saturated rings. The first-order chi connectivity index (χ1) is 7.69. The number of halogens is 1. The molecule has 2 rings (SSSR count). The second-order valence-electron chi connectivity index (χ2n) is 3.33. The van der Waals surface area contributed by atoms with E-state index in [4.69, 9.17) is 5.26 Å². The Labute approximate surface area is 102 Å².